The highest BCUT2D eigenvalue weighted by atomic mass is 35.5. The first-order valence-corrected chi connectivity index (χ1v) is 6.68. The van der Waals surface area contributed by atoms with Crippen LogP contribution in [-0.2, 0) is 6.54 Å². The van der Waals surface area contributed by atoms with Crippen LogP contribution in [0.4, 0.5) is 5.69 Å². The number of para-hydroxylation sites is 1. The van der Waals surface area contributed by atoms with E-state index in [1.54, 1.807) is 0 Å². The van der Waals surface area contributed by atoms with Crippen molar-refractivity contribution < 1.29 is 0 Å². The predicted octanol–water partition coefficient (Wildman–Crippen LogP) is 4.58. The average Bonchev–Trinajstić information content (AvgIpc) is 2.79. The van der Waals surface area contributed by atoms with Gasteiger partial charge in [-0.25, -0.2) is 0 Å². The van der Waals surface area contributed by atoms with Crippen LogP contribution in [0.15, 0.2) is 48.7 Å². The molecular formula is C15H12Cl2N2. The molecule has 3 aromatic rings. The Balaban J connectivity index is 2.12. The minimum atomic E-state index is 0.607. The van der Waals surface area contributed by atoms with Crippen molar-refractivity contribution in [1.29, 1.82) is 0 Å². The van der Waals surface area contributed by atoms with Crippen molar-refractivity contribution in [2.24, 2.45) is 0 Å². The van der Waals surface area contributed by atoms with Crippen LogP contribution >= 0.6 is 23.2 Å². The summed E-state index contributed by atoms with van der Waals surface area (Å²) in [7, 11) is 0. The molecule has 2 aromatic carbocycles. The molecule has 0 bridgehead atoms. The van der Waals surface area contributed by atoms with Gasteiger partial charge in [0.15, 0.2) is 0 Å². The summed E-state index contributed by atoms with van der Waals surface area (Å²) in [5, 5.41) is 2.45. The van der Waals surface area contributed by atoms with E-state index in [0.717, 1.165) is 22.2 Å². The maximum absolute atomic E-state index is 6.21. The molecule has 1 aromatic heterocycles. The van der Waals surface area contributed by atoms with Crippen LogP contribution in [0.3, 0.4) is 0 Å². The Hall–Kier alpha value is -1.64. The third-order valence-electron chi connectivity index (χ3n) is 3.21. The van der Waals surface area contributed by atoms with E-state index >= 15 is 0 Å². The Morgan fingerprint density at radius 3 is 2.37 bits per heavy atom. The molecule has 2 nitrogen and oxygen atoms in total. The van der Waals surface area contributed by atoms with Gasteiger partial charge in [-0.05, 0) is 24.3 Å². The zero-order valence-corrected chi connectivity index (χ0v) is 11.6. The van der Waals surface area contributed by atoms with Gasteiger partial charge in [0.05, 0.1) is 17.7 Å². The summed E-state index contributed by atoms with van der Waals surface area (Å²) in [4.78, 5) is 0. The fourth-order valence-corrected chi connectivity index (χ4v) is 2.79. The van der Waals surface area contributed by atoms with Crippen LogP contribution in [0.2, 0.25) is 10.0 Å². The van der Waals surface area contributed by atoms with Crippen molar-refractivity contribution in [3.63, 3.8) is 0 Å². The van der Waals surface area contributed by atoms with Crippen molar-refractivity contribution >= 4 is 39.8 Å². The van der Waals surface area contributed by atoms with Gasteiger partial charge in [0, 0.05) is 27.2 Å². The molecule has 19 heavy (non-hydrogen) atoms. The van der Waals surface area contributed by atoms with Gasteiger partial charge in [0.2, 0.25) is 0 Å². The fourth-order valence-electron chi connectivity index (χ4n) is 2.28. The highest BCUT2D eigenvalue weighted by Crippen LogP contribution is 2.28. The van der Waals surface area contributed by atoms with Crippen molar-refractivity contribution in [2.75, 3.05) is 5.73 Å². The molecule has 0 radical (unpaired) electrons. The Morgan fingerprint density at radius 2 is 1.63 bits per heavy atom. The number of nitrogens with two attached hydrogens (primary N) is 1. The molecule has 4 heteroatoms. The number of anilines is 1. The third kappa shape index (κ3) is 2.18. The number of fused-ring (bicyclic) bond motifs is 1. The Morgan fingerprint density at radius 1 is 0.947 bits per heavy atom. The van der Waals surface area contributed by atoms with Crippen molar-refractivity contribution in [1.82, 2.24) is 4.57 Å². The Labute approximate surface area is 121 Å². The molecule has 0 fully saturated rings. The van der Waals surface area contributed by atoms with E-state index < -0.39 is 0 Å². The lowest BCUT2D eigenvalue weighted by atomic mass is 10.2. The molecule has 0 amide bonds. The maximum Gasteiger partial charge on any atom is 0.0717 e. The molecule has 2 N–H and O–H groups in total. The van der Waals surface area contributed by atoms with Gasteiger partial charge in [-0.2, -0.15) is 0 Å². The Kier molecular flexibility index (Phi) is 3.13. The van der Waals surface area contributed by atoms with E-state index in [9.17, 15) is 0 Å². The first-order valence-electron chi connectivity index (χ1n) is 5.93. The Bertz CT molecular complexity index is 727. The topological polar surface area (TPSA) is 30.9 Å². The first kappa shape index (κ1) is 12.4. The molecule has 0 aliphatic heterocycles. The standard InChI is InChI=1S/C15H12Cl2N2/c16-12-4-2-5-13(17)11(12)9-19-8-7-10-3-1-6-14(18)15(10)19/h1-8H,9,18H2. The lowest BCUT2D eigenvalue weighted by Gasteiger charge is -2.10. The van der Waals surface area contributed by atoms with Crippen LogP contribution in [0.25, 0.3) is 10.9 Å². The van der Waals surface area contributed by atoms with E-state index in [-0.39, 0.29) is 0 Å². The molecular weight excluding hydrogens is 279 g/mol. The summed E-state index contributed by atoms with van der Waals surface area (Å²) in [6.45, 7) is 0.607. The molecule has 96 valence electrons. The second kappa shape index (κ2) is 4.80. The van der Waals surface area contributed by atoms with E-state index in [1.165, 1.54) is 0 Å². The molecule has 0 aliphatic rings. The minimum Gasteiger partial charge on any atom is -0.397 e. The smallest absolute Gasteiger partial charge is 0.0717 e. The van der Waals surface area contributed by atoms with Crippen LogP contribution in [0, 0.1) is 0 Å². The molecule has 0 spiro atoms. The molecule has 0 aliphatic carbocycles. The summed E-state index contributed by atoms with van der Waals surface area (Å²) in [6, 6.07) is 13.5. The number of nitrogen functional groups attached to an aromatic ring is 1. The first-order chi connectivity index (χ1) is 9.16. The zero-order valence-electron chi connectivity index (χ0n) is 10.1. The number of aromatic nitrogens is 1. The van der Waals surface area contributed by atoms with Gasteiger partial charge in [0.1, 0.15) is 0 Å². The van der Waals surface area contributed by atoms with Crippen LogP contribution in [0.5, 0.6) is 0 Å². The van der Waals surface area contributed by atoms with E-state index in [0.29, 0.717) is 16.6 Å². The number of hydrogen-bond donors (Lipinski definition) is 1. The van der Waals surface area contributed by atoms with Gasteiger partial charge in [-0.15, -0.1) is 0 Å². The zero-order chi connectivity index (χ0) is 13.4. The largest absolute Gasteiger partial charge is 0.397 e. The molecule has 0 unspecified atom stereocenters. The molecule has 3 rings (SSSR count). The van der Waals surface area contributed by atoms with Crippen LogP contribution in [0.1, 0.15) is 5.56 Å². The van der Waals surface area contributed by atoms with Crippen molar-refractivity contribution in [3.05, 3.63) is 64.3 Å². The van der Waals surface area contributed by atoms with Gasteiger partial charge in [-0.3, -0.25) is 0 Å². The summed E-state index contributed by atoms with van der Waals surface area (Å²) >= 11 is 12.4. The lowest BCUT2D eigenvalue weighted by Crippen LogP contribution is -2.01. The fraction of sp³-hybridized carbons (Fsp3) is 0.0667. The van der Waals surface area contributed by atoms with E-state index in [4.69, 9.17) is 28.9 Å². The van der Waals surface area contributed by atoms with Gasteiger partial charge in [-0.1, -0.05) is 41.4 Å². The van der Waals surface area contributed by atoms with Crippen LogP contribution < -0.4 is 5.73 Å². The number of nitrogens with zero attached hydrogens (tertiary/aromatic N) is 1. The SMILES string of the molecule is Nc1cccc2ccn(Cc3c(Cl)cccc3Cl)c12. The van der Waals surface area contributed by atoms with Gasteiger partial charge in [0.25, 0.3) is 0 Å². The van der Waals surface area contributed by atoms with E-state index in [1.807, 2.05) is 48.7 Å². The number of hydrogen-bond acceptors (Lipinski definition) is 1. The van der Waals surface area contributed by atoms with E-state index in [2.05, 4.69) is 4.57 Å². The molecule has 1 heterocycles. The van der Waals surface area contributed by atoms with Gasteiger partial charge >= 0.3 is 0 Å². The maximum atomic E-state index is 6.21. The highest BCUT2D eigenvalue weighted by molar-refractivity contribution is 6.36. The highest BCUT2D eigenvalue weighted by Gasteiger charge is 2.09. The molecule has 0 atom stereocenters. The monoisotopic (exact) mass is 290 g/mol. The summed E-state index contributed by atoms with van der Waals surface area (Å²) in [5.74, 6) is 0. The average molecular weight is 291 g/mol. The normalized spacial score (nSPS) is 11.1. The lowest BCUT2D eigenvalue weighted by molar-refractivity contribution is 0.838. The summed E-state index contributed by atoms with van der Waals surface area (Å²) in [5.41, 5.74) is 8.72. The summed E-state index contributed by atoms with van der Waals surface area (Å²) in [6.07, 6.45) is 2.00. The minimum absolute atomic E-state index is 0.607. The third-order valence-corrected chi connectivity index (χ3v) is 3.92. The quantitative estimate of drug-likeness (QED) is 0.688. The predicted molar refractivity (Wildman–Crippen MR) is 81.9 cm³/mol. The number of rotatable bonds is 2. The number of benzene rings is 2. The van der Waals surface area contributed by atoms with Crippen molar-refractivity contribution in [3.8, 4) is 0 Å². The second-order valence-corrected chi connectivity index (χ2v) is 5.24. The van der Waals surface area contributed by atoms with Crippen molar-refractivity contribution in [2.45, 2.75) is 6.54 Å². The molecule has 0 saturated carbocycles. The molecule has 0 saturated heterocycles. The summed E-state index contributed by atoms with van der Waals surface area (Å²) < 4.78 is 2.07. The van der Waals surface area contributed by atoms with Gasteiger partial charge < -0.3 is 10.3 Å². The van der Waals surface area contributed by atoms with Crippen LogP contribution in [-0.4, -0.2) is 4.57 Å². The number of halogens is 2. The second-order valence-electron chi connectivity index (χ2n) is 4.43.